The Kier molecular flexibility index (Phi) is 4.75. The molecule has 2 aliphatic rings. The van der Waals surface area contributed by atoms with Gasteiger partial charge >= 0.3 is 0 Å². The molecular formula is C13H27N3S. The third-order valence-corrected chi connectivity index (χ3v) is 5.92. The molecule has 2 heterocycles. The van der Waals surface area contributed by atoms with E-state index in [0.29, 0.717) is 5.54 Å². The number of likely N-dealkylation sites (N-methyl/N-ethyl adjacent to an activating group) is 1. The summed E-state index contributed by atoms with van der Waals surface area (Å²) in [6, 6.07) is 0.721. The number of nitrogens with two attached hydrogens (primary N) is 1. The van der Waals surface area contributed by atoms with Crippen LogP contribution in [0.25, 0.3) is 0 Å². The zero-order valence-corrected chi connectivity index (χ0v) is 12.1. The highest BCUT2D eigenvalue weighted by Crippen LogP contribution is 2.33. The lowest BCUT2D eigenvalue weighted by atomic mass is 9.91. The van der Waals surface area contributed by atoms with Crippen LogP contribution in [0.5, 0.6) is 0 Å². The predicted molar refractivity (Wildman–Crippen MR) is 76.6 cm³/mol. The molecule has 4 heteroatoms. The molecule has 2 unspecified atom stereocenters. The smallest absolute Gasteiger partial charge is 0.0423 e. The van der Waals surface area contributed by atoms with Gasteiger partial charge in [-0.1, -0.05) is 6.92 Å². The van der Waals surface area contributed by atoms with Crippen LogP contribution in [-0.4, -0.2) is 66.1 Å². The fraction of sp³-hybridized carbons (Fsp3) is 1.00. The lowest BCUT2D eigenvalue weighted by molar-refractivity contribution is 0.0174. The Bertz CT molecular complexity index is 241. The van der Waals surface area contributed by atoms with Gasteiger partial charge in [0.05, 0.1) is 0 Å². The molecule has 0 aliphatic carbocycles. The molecule has 100 valence electrons. The number of hydrogen-bond acceptors (Lipinski definition) is 4. The van der Waals surface area contributed by atoms with Gasteiger partial charge in [0.1, 0.15) is 0 Å². The van der Waals surface area contributed by atoms with Crippen LogP contribution in [0.3, 0.4) is 0 Å². The van der Waals surface area contributed by atoms with Crippen molar-refractivity contribution >= 4 is 11.8 Å². The van der Waals surface area contributed by atoms with Crippen LogP contribution in [-0.2, 0) is 0 Å². The molecule has 0 amide bonds. The quantitative estimate of drug-likeness (QED) is 0.824. The van der Waals surface area contributed by atoms with Crippen LogP contribution in [0.1, 0.15) is 26.2 Å². The SMILES string of the molecule is CCC1CN(C2(CN)CCCSC2)CCN1C. The Morgan fingerprint density at radius 1 is 1.41 bits per heavy atom. The van der Waals surface area contributed by atoms with Gasteiger partial charge in [-0.2, -0.15) is 11.8 Å². The molecule has 2 fully saturated rings. The lowest BCUT2D eigenvalue weighted by Crippen LogP contribution is -2.64. The van der Waals surface area contributed by atoms with Crippen molar-refractivity contribution in [2.45, 2.75) is 37.8 Å². The van der Waals surface area contributed by atoms with Crippen molar-refractivity contribution in [3.05, 3.63) is 0 Å². The van der Waals surface area contributed by atoms with Gasteiger partial charge < -0.3 is 10.6 Å². The van der Waals surface area contributed by atoms with Gasteiger partial charge in [-0.25, -0.2) is 0 Å². The minimum Gasteiger partial charge on any atom is -0.329 e. The zero-order chi connectivity index (χ0) is 12.3. The maximum absolute atomic E-state index is 6.12. The predicted octanol–water partition coefficient (Wildman–Crippen LogP) is 1.24. The molecule has 3 nitrogen and oxygen atoms in total. The van der Waals surface area contributed by atoms with E-state index in [1.807, 2.05) is 0 Å². The highest BCUT2D eigenvalue weighted by Gasteiger charge is 2.39. The molecule has 17 heavy (non-hydrogen) atoms. The number of piperazine rings is 1. The molecule has 2 rings (SSSR count). The Morgan fingerprint density at radius 2 is 2.24 bits per heavy atom. The molecule has 0 aromatic heterocycles. The summed E-state index contributed by atoms with van der Waals surface area (Å²) in [6.45, 7) is 6.75. The molecule has 2 saturated heterocycles. The fourth-order valence-electron chi connectivity index (χ4n) is 3.19. The highest BCUT2D eigenvalue weighted by atomic mass is 32.2. The second-order valence-corrected chi connectivity index (χ2v) is 6.68. The average Bonchev–Trinajstić information content (AvgIpc) is 2.40. The summed E-state index contributed by atoms with van der Waals surface area (Å²) in [4.78, 5) is 5.21. The first kappa shape index (κ1) is 13.7. The third-order valence-electron chi connectivity index (χ3n) is 4.60. The molecule has 0 aromatic rings. The Hall–Kier alpha value is 0.230. The van der Waals surface area contributed by atoms with Crippen molar-refractivity contribution in [3.63, 3.8) is 0 Å². The molecular weight excluding hydrogens is 230 g/mol. The van der Waals surface area contributed by atoms with Crippen LogP contribution in [0, 0.1) is 0 Å². The van der Waals surface area contributed by atoms with E-state index in [-0.39, 0.29) is 0 Å². The van der Waals surface area contributed by atoms with Gasteiger partial charge in [-0.15, -0.1) is 0 Å². The van der Waals surface area contributed by atoms with Gasteiger partial charge in [-0.05, 0) is 32.1 Å². The van der Waals surface area contributed by atoms with Crippen LogP contribution in [0.4, 0.5) is 0 Å². The van der Waals surface area contributed by atoms with E-state index in [1.165, 1.54) is 50.4 Å². The maximum atomic E-state index is 6.12. The van der Waals surface area contributed by atoms with Crippen molar-refractivity contribution < 1.29 is 0 Å². The average molecular weight is 257 g/mol. The summed E-state index contributed by atoms with van der Waals surface area (Å²) in [6.07, 6.45) is 3.89. The zero-order valence-electron chi connectivity index (χ0n) is 11.3. The Balaban J connectivity index is 2.04. The number of rotatable bonds is 3. The molecule has 2 N–H and O–H groups in total. The minimum absolute atomic E-state index is 0.303. The van der Waals surface area contributed by atoms with Gasteiger partial charge in [0, 0.05) is 43.5 Å². The first-order valence-corrected chi connectivity index (χ1v) is 8.10. The third kappa shape index (κ3) is 2.80. The van der Waals surface area contributed by atoms with Crippen molar-refractivity contribution in [2.24, 2.45) is 5.73 Å². The molecule has 2 atom stereocenters. The van der Waals surface area contributed by atoms with Gasteiger partial charge in [-0.3, -0.25) is 4.90 Å². The molecule has 0 saturated carbocycles. The minimum atomic E-state index is 0.303. The number of hydrogen-bond donors (Lipinski definition) is 1. The number of nitrogens with zero attached hydrogens (tertiary/aromatic N) is 2. The van der Waals surface area contributed by atoms with Crippen molar-refractivity contribution in [3.8, 4) is 0 Å². The Morgan fingerprint density at radius 3 is 2.82 bits per heavy atom. The normalized spacial score (nSPS) is 37.2. The molecule has 0 spiro atoms. The first-order valence-electron chi connectivity index (χ1n) is 6.95. The maximum Gasteiger partial charge on any atom is 0.0423 e. The monoisotopic (exact) mass is 257 g/mol. The molecule has 0 radical (unpaired) electrons. The highest BCUT2D eigenvalue weighted by molar-refractivity contribution is 7.99. The molecule has 0 aromatic carbocycles. The second-order valence-electron chi connectivity index (χ2n) is 5.57. The van der Waals surface area contributed by atoms with E-state index in [9.17, 15) is 0 Å². The van der Waals surface area contributed by atoms with E-state index in [0.717, 1.165) is 12.6 Å². The van der Waals surface area contributed by atoms with Crippen molar-refractivity contribution in [2.75, 3.05) is 44.7 Å². The standard InChI is InChI=1S/C13H27N3S/c1-3-12-9-16(7-6-15(12)2)13(10-14)5-4-8-17-11-13/h12H,3-11,14H2,1-2H3. The van der Waals surface area contributed by atoms with E-state index in [2.05, 4.69) is 35.5 Å². The molecule has 2 aliphatic heterocycles. The lowest BCUT2D eigenvalue weighted by Gasteiger charge is -2.51. The van der Waals surface area contributed by atoms with Gasteiger partial charge in [0.15, 0.2) is 0 Å². The molecule has 0 bridgehead atoms. The van der Waals surface area contributed by atoms with Gasteiger partial charge in [0.2, 0.25) is 0 Å². The summed E-state index contributed by atoms with van der Waals surface area (Å²) in [5.74, 6) is 2.57. The van der Waals surface area contributed by atoms with E-state index in [1.54, 1.807) is 0 Å². The second kappa shape index (κ2) is 5.91. The fourth-order valence-corrected chi connectivity index (χ4v) is 4.51. The summed E-state index contributed by atoms with van der Waals surface area (Å²) >= 11 is 2.09. The van der Waals surface area contributed by atoms with Crippen LogP contribution >= 0.6 is 11.8 Å². The van der Waals surface area contributed by atoms with Crippen molar-refractivity contribution in [1.29, 1.82) is 0 Å². The van der Waals surface area contributed by atoms with Crippen LogP contribution in [0.15, 0.2) is 0 Å². The summed E-state index contributed by atoms with van der Waals surface area (Å²) in [5.41, 5.74) is 6.43. The van der Waals surface area contributed by atoms with Gasteiger partial charge in [0.25, 0.3) is 0 Å². The summed E-state index contributed by atoms with van der Waals surface area (Å²) < 4.78 is 0. The summed E-state index contributed by atoms with van der Waals surface area (Å²) in [5, 5.41) is 0. The van der Waals surface area contributed by atoms with Crippen molar-refractivity contribution in [1.82, 2.24) is 9.80 Å². The van der Waals surface area contributed by atoms with E-state index in [4.69, 9.17) is 5.73 Å². The largest absolute Gasteiger partial charge is 0.329 e. The Labute approximate surface area is 110 Å². The first-order chi connectivity index (χ1) is 8.22. The number of thioether (sulfide) groups is 1. The van der Waals surface area contributed by atoms with E-state index < -0.39 is 0 Å². The topological polar surface area (TPSA) is 32.5 Å². The van der Waals surface area contributed by atoms with Crippen LogP contribution < -0.4 is 5.73 Å². The van der Waals surface area contributed by atoms with Crippen LogP contribution in [0.2, 0.25) is 0 Å². The summed E-state index contributed by atoms with van der Waals surface area (Å²) in [7, 11) is 2.26. The van der Waals surface area contributed by atoms with E-state index >= 15 is 0 Å².